The maximum atomic E-state index is 13.6. The first-order chi connectivity index (χ1) is 9.36. The van der Waals surface area contributed by atoms with Crippen LogP contribution in [-0.2, 0) is 0 Å². The number of halogens is 3. The van der Waals surface area contributed by atoms with Gasteiger partial charge in [0.2, 0.25) is 0 Å². The Morgan fingerprint density at radius 2 is 1.90 bits per heavy atom. The van der Waals surface area contributed by atoms with Gasteiger partial charge in [0.25, 0.3) is 0 Å². The highest BCUT2D eigenvalue weighted by molar-refractivity contribution is 6.31. The second-order valence-electron chi connectivity index (χ2n) is 6.40. The fourth-order valence-corrected chi connectivity index (χ4v) is 3.76. The van der Waals surface area contributed by atoms with Crippen LogP contribution in [0.3, 0.4) is 0 Å². The normalized spacial score (nSPS) is 23.6. The van der Waals surface area contributed by atoms with Crippen LogP contribution in [-0.4, -0.2) is 7.05 Å². The highest BCUT2D eigenvalue weighted by Crippen LogP contribution is 2.47. The molecule has 2 unspecified atom stereocenters. The van der Waals surface area contributed by atoms with Crippen LogP contribution in [0.25, 0.3) is 0 Å². The van der Waals surface area contributed by atoms with Crippen molar-refractivity contribution in [1.82, 2.24) is 5.32 Å². The van der Waals surface area contributed by atoms with Crippen LogP contribution < -0.4 is 5.32 Å². The van der Waals surface area contributed by atoms with Gasteiger partial charge in [-0.3, -0.25) is 0 Å². The zero-order valence-corrected chi connectivity index (χ0v) is 13.0. The third-order valence-electron chi connectivity index (χ3n) is 4.68. The molecule has 0 spiro atoms. The lowest BCUT2D eigenvalue weighted by molar-refractivity contribution is 0.101. The third-order valence-corrected chi connectivity index (χ3v) is 5.01. The molecule has 0 amide bonds. The van der Waals surface area contributed by atoms with Crippen LogP contribution >= 0.6 is 11.6 Å². The topological polar surface area (TPSA) is 12.0 Å². The Labute approximate surface area is 124 Å². The summed E-state index contributed by atoms with van der Waals surface area (Å²) in [7, 11) is 1.85. The van der Waals surface area contributed by atoms with E-state index in [-0.39, 0.29) is 11.5 Å². The summed E-state index contributed by atoms with van der Waals surface area (Å²) in [6.45, 7) is 4.49. The molecule has 2 atom stereocenters. The zero-order valence-electron chi connectivity index (χ0n) is 12.3. The maximum Gasteiger partial charge on any atom is 0.160 e. The van der Waals surface area contributed by atoms with E-state index >= 15 is 0 Å². The Kier molecular flexibility index (Phi) is 4.70. The smallest absolute Gasteiger partial charge is 0.160 e. The van der Waals surface area contributed by atoms with E-state index < -0.39 is 11.6 Å². The van der Waals surface area contributed by atoms with Gasteiger partial charge in [-0.25, -0.2) is 8.78 Å². The Morgan fingerprint density at radius 3 is 2.50 bits per heavy atom. The predicted octanol–water partition coefficient (Wildman–Crippen LogP) is 5.10. The first-order valence-corrected chi connectivity index (χ1v) is 7.56. The van der Waals surface area contributed by atoms with E-state index in [0.717, 1.165) is 18.9 Å². The minimum Gasteiger partial charge on any atom is -0.313 e. The molecule has 1 fully saturated rings. The van der Waals surface area contributed by atoms with E-state index in [1.807, 2.05) is 7.05 Å². The van der Waals surface area contributed by atoms with Crippen molar-refractivity contribution in [3.63, 3.8) is 0 Å². The Bertz CT molecular complexity index is 488. The maximum absolute atomic E-state index is 13.6. The zero-order chi connectivity index (χ0) is 14.9. The summed E-state index contributed by atoms with van der Waals surface area (Å²) in [4.78, 5) is 0. The molecule has 1 aromatic rings. The van der Waals surface area contributed by atoms with Crippen LogP contribution in [0, 0.1) is 23.0 Å². The van der Waals surface area contributed by atoms with Gasteiger partial charge in [0, 0.05) is 11.1 Å². The number of hydrogen-bond acceptors (Lipinski definition) is 1. The molecule has 1 aliphatic rings. The second kappa shape index (κ2) is 5.98. The second-order valence-corrected chi connectivity index (χ2v) is 6.80. The predicted molar refractivity (Wildman–Crippen MR) is 78.9 cm³/mol. The summed E-state index contributed by atoms with van der Waals surface area (Å²) in [5.74, 6) is -1.36. The molecule has 112 valence electrons. The van der Waals surface area contributed by atoms with Crippen LogP contribution in [0.4, 0.5) is 8.78 Å². The molecule has 20 heavy (non-hydrogen) atoms. The molecule has 0 bridgehead atoms. The summed E-state index contributed by atoms with van der Waals surface area (Å²) in [6.07, 6.45) is 4.63. The van der Waals surface area contributed by atoms with E-state index in [9.17, 15) is 8.78 Å². The van der Waals surface area contributed by atoms with Gasteiger partial charge in [-0.05, 0) is 48.9 Å². The molecular formula is C16H22ClF2N. The van der Waals surface area contributed by atoms with Crippen LogP contribution in [0.5, 0.6) is 0 Å². The van der Waals surface area contributed by atoms with Crippen molar-refractivity contribution < 1.29 is 8.78 Å². The van der Waals surface area contributed by atoms with Crippen molar-refractivity contribution in [3.05, 3.63) is 34.4 Å². The Morgan fingerprint density at radius 1 is 1.25 bits per heavy atom. The highest BCUT2D eigenvalue weighted by Gasteiger charge is 2.38. The van der Waals surface area contributed by atoms with Crippen molar-refractivity contribution in [1.29, 1.82) is 0 Å². The van der Waals surface area contributed by atoms with Crippen LogP contribution in [0.15, 0.2) is 12.1 Å². The highest BCUT2D eigenvalue weighted by atomic mass is 35.5. The number of rotatable bonds is 3. The molecule has 1 aromatic carbocycles. The first kappa shape index (κ1) is 15.7. The minimum absolute atomic E-state index is 0.0482. The van der Waals surface area contributed by atoms with E-state index in [4.69, 9.17) is 11.6 Å². The van der Waals surface area contributed by atoms with Crippen molar-refractivity contribution in [3.8, 4) is 0 Å². The Balaban J connectivity index is 2.39. The van der Waals surface area contributed by atoms with Crippen molar-refractivity contribution >= 4 is 11.6 Å². The number of benzene rings is 1. The third kappa shape index (κ3) is 2.99. The quantitative estimate of drug-likeness (QED) is 0.766. The molecule has 1 N–H and O–H groups in total. The van der Waals surface area contributed by atoms with Crippen molar-refractivity contribution in [2.24, 2.45) is 11.3 Å². The largest absolute Gasteiger partial charge is 0.313 e. The average Bonchev–Trinajstić information content (AvgIpc) is 2.37. The molecule has 0 heterocycles. The molecule has 2 rings (SSSR count). The van der Waals surface area contributed by atoms with Crippen molar-refractivity contribution in [2.45, 2.75) is 45.6 Å². The molecule has 0 aliphatic heterocycles. The van der Waals surface area contributed by atoms with Gasteiger partial charge < -0.3 is 5.32 Å². The molecule has 1 nitrogen and oxygen atoms in total. The number of hydrogen-bond donors (Lipinski definition) is 1. The SMILES string of the molecule is CNC(c1cc(F)c(F)cc1Cl)C1CCCCC1(C)C. The molecule has 1 saturated carbocycles. The minimum atomic E-state index is -0.892. The molecule has 4 heteroatoms. The standard InChI is InChI=1S/C16H22ClF2N/c1-16(2)7-5-4-6-11(16)15(20-3)10-8-13(18)14(19)9-12(10)17/h8-9,11,15,20H,4-7H2,1-3H3. The average molecular weight is 302 g/mol. The van der Waals surface area contributed by atoms with E-state index in [2.05, 4.69) is 19.2 Å². The van der Waals surface area contributed by atoms with Gasteiger partial charge in [0.15, 0.2) is 11.6 Å². The molecule has 0 radical (unpaired) electrons. The lowest BCUT2D eigenvalue weighted by Gasteiger charge is -2.43. The van der Waals surface area contributed by atoms with E-state index in [1.54, 1.807) is 0 Å². The van der Waals surface area contributed by atoms with E-state index in [1.165, 1.54) is 18.9 Å². The number of nitrogens with one attached hydrogen (secondary N) is 1. The lowest BCUT2D eigenvalue weighted by atomic mass is 9.65. The lowest BCUT2D eigenvalue weighted by Crippen LogP contribution is -2.38. The van der Waals surface area contributed by atoms with Gasteiger partial charge in [0.05, 0.1) is 0 Å². The summed E-state index contributed by atoms with van der Waals surface area (Å²) >= 11 is 6.14. The summed E-state index contributed by atoms with van der Waals surface area (Å²) in [5.41, 5.74) is 0.827. The van der Waals surface area contributed by atoms with Crippen LogP contribution in [0.1, 0.15) is 51.1 Å². The summed E-state index contributed by atoms with van der Waals surface area (Å²) in [5, 5.41) is 3.55. The molecular weight excluding hydrogens is 280 g/mol. The fourth-order valence-electron chi connectivity index (χ4n) is 3.49. The fraction of sp³-hybridized carbons (Fsp3) is 0.625. The van der Waals surface area contributed by atoms with Gasteiger partial charge in [-0.1, -0.05) is 38.3 Å². The summed E-state index contributed by atoms with van der Waals surface area (Å²) < 4.78 is 26.8. The van der Waals surface area contributed by atoms with Gasteiger partial charge in [0.1, 0.15) is 0 Å². The molecule has 0 saturated heterocycles. The monoisotopic (exact) mass is 301 g/mol. The first-order valence-electron chi connectivity index (χ1n) is 7.18. The molecule has 0 aromatic heterocycles. The Hall–Kier alpha value is -0.670. The summed E-state index contributed by atoms with van der Waals surface area (Å²) in [6, 6.07) is 2.27. The van der Waals surface area contributed by atoms with Crippen LogP contribution in [0.2, 0.25) is 5.02 Å². The molecule has 1 aliphatic carbocycles. The van der Waals surface area contributed by atoms with Crippen molar-refractivity contribution in [2.75, 3.05) is 7.05 Å². The van der Waals surface area contributed by atoms with Gasteiger partial charge in [-0.2, -0.15) is 0 Å². The van der Waals surface area contributed by atoms with E-state index in [0.29, 0.717) is 16.5 Å². The van der Waals surface area contributed by atoms with Gasteiger partial charge in [-0.15, -0.1) is 0 Å². The van der Waals surface area contributed by atoms with Gasteiger partial charge >= 0.3 is 0 Å².